The van der Waals surface area contributed by atoms with Crippen molar-refractivity contribution in [3.63, 3.8) is 0 Å². The first kappa shape index (κ1) is 15.5. The maximum absolute atomic E-state index is 12.5. The van der Waals surface area contributed by atoms with E-state index in [0.717, 1.165) is 37.4 Å². The Morgan fingerprint density at radius 1 is 1.18 bits per heavy atom. The van der Waals surface area contributed by atoms with Gasteiger partial charge >= 0.3 is 0 Å². The van der Waals surface area contributed by atoms with Gasteiger partial charge in [0, 0.05) is 18.6 Å². The lowest BCUT2D eigenvalue weighted by Gasteiger charge is -2.46. The van der Waals surface area contributed by atoms with Gasteiger partial charge in [0.1, 0.15) is 0 Å². The number of rotatable bonds is 5. The quantitative estimate of drug-likeness (QED) is 0.834. The van der Waals surface area contributed by atoms with Gasteiger partial charge in [0.25, 0.3) is 0 Å². The number of likely N-dealkylation sites (tertiary alicyclic amines) is 1. The van der Waals surface area contributed by atoms with E-state index in [4.69, 9.17) is 0 Å². The topological polar surface area (TPSA) is 23.6 Å². The molecule has 0 atom stereocenters. The summed E-state index contributed by atoms with van der Waals surface area (Å²) in [4.78, 5) is 17.0. The molecular weight excluding hydrogens is 272 g/mol. The molecule has 22 heavy (non-hydrogen) atoms. The van der Waals surface area contributed by atoms with Crippen LogP contribution in [0.1, 0.15) is 37.7 Å². The third-order valence-corrected chi connectivity index (χ3v) is 5.56. The van der Waals surface area contributed by atoms with Crippen LogP contribution in [0.5, 0.6) is 0 Å². The molecule has 0 unspecified atom stereocenters. The van der Waals surface area contributed by atoms with Crippen LogP contribution in [0, 0.1) is 5.92 Å². The number of hydrogen-bond acceptors (Lipinski definition) is 2. The first-order valence-corrected chi connectivity index (χ1v) is 8.58. The molecule has 1 saturated heterocycles. The summed E-state index contributed by atoms with van der Waals surface area (Å²) in [6, 6.07) is 10.1. The van der Waals surface area contributed by atoms with Crippen molar-refractivity contribution in [2.75, 3.05) is 27.2 Å². The molecule has 0 N–H and O–H groups in total. The lowest BCUT2D eigenvalue weighted by Crippen LogP contribution is -2.54. The molecule has 1 amide bonds. The van der Waals surface area contributed by atoms with Crippen molar-refractivity contribution < 1.29 is 4.79 Å². The summed E-state index contributed by atoms with van der Waals surface area (Å²) in [5, 5.41) is 0. The van der Waals surface area contributed by atoms with Crippen molar-refractivity contribution in [1.82, 2.24) is 9.80 Å². The number of piperidine rings is 1. The summed E-state index contributed by atoms with van der Waals surface area (Å²) in [5.74, 6) is 1.22. The van der Waals surface area contributed by atoms with E-state index >= 15 is 0 Å². The Morgan fingerprint density at radius 3 is 2.36 bits per heavy atom. The molecule has 1 heterocycles. The maximum atomic E-state index is 12.5. The third kappa shape index (κ3) is 3.52. The molecule has 1 aliphatic carbocycles. The van der Waals surface area contributed by atoms with E-state index in [0.29, 0.717) is 12.0 Å². The smallest absolute Gasteiger partial charge is 0.226 e. The number of nitrogens with zero attached hydrogens (tertiary/aromatic N) is 2. The summed E-state index contributed by atoms with van der Waals surface area (Å²) in [6.07, 6.45) is 6.92. The minimum absolute atomic E-state index is 0.282. The van der Waals surface area contributed by atoms with Crippen LogP contribution < -0.4 is 0 Å². The monoisotopic (exact) mass is 300 g/mol. The van der Waals surface area contributed by atoms with Gasteiger partial charge < -0.3 is 9.80 Å². The molecule has 3 heteroatoms. The second kappa shape index (κ2) is 6.41. The van der Waals surface area contributed by atoms with Crippen LogP contribution in [0.4, 0.5) is 0 Å². The SMILES string of the molecule is CN(C)C1(CC2CC2)CCN(C(=O)Cc2ccccc2)CC1. The van der Waals surface area contributed by atoms with Gasteiger partial charge in [0.05, 0.1) is 6.42 Å². The van der Waals surface area contributed by atoms with Crippen LogP contribution in [-0.2, 0) is 11.2 Å². The minimum atomic E-state index is 0.282. The zero-order chi connectivity index (χ0) is 15.6. The highest BCUT2D eigenvalue weighted by Crippen LogP contribution is 2.42. The van der Waals surface area contributed by atoms with E-state index in [1.807, 2.05) is 30.3 Å². The van der Waals surface area contributed by atoms with E-state index in [9.17, 15) is 4.79 Å². The van der Waals surface area contributed by atoms with Crippen LogP contribution in [0.25, 0.3) is 0 Å². The van der Waals surface area contributed by atoms with Crippen LogP contribution >= 0.6 is 0 Å². The average Bonchev–Trinajstić information content (AvgIpc) is 3.32. The van der Waals surface area contributed by atoms with Gasteiger partial charge in [0.2, 0.25) is 5.91 Å². The van der Waals surface area contributed by atoms with Gasteiger partial charge in [-0.3, -0.25) is 4.79 Å². The molecule has 1 aliphatic heterocycles. The molecule has 0 radical (unpaired) electrons. The van der Waals surface area contributed by atoms with Gasteiger partial charge in [-0.1, -0.05) is 43.2 Å². The van der Waals surface area contributed by atoms with Gasteiger partial charge in [-0.15, -0.1) is 0 Å². The Hall–Kier alpha value is -1.35. The van der Waals surface area contributed by atoms with Crippen molar-refractivity contribution in [2.45, 2.75) is 44.1 Å². The van der Waals surface area contributed by atoms with E-state index in [1.165, 1.54) is 19.3 Å². The number of benzene rings is 1. The molecule has 2 fully saturated rings. The maximum Gasteiger partial charge on any atom is 0.226 e. The molecular formula is C19H28N2O. The van der Waals surface area contributed by atoms with Crippen LogP contribution in [0.15, 0.2) is 30.3 Å². The largest absolute Gasteiger partial charge is 0.342 e. The van der Waals surface area contributed by atoms with Crippen LogP contribution in [0.2, 0.25) is 0 Å². The van der Waals surface area contributed by atoms with E-state index < -0.39 is 0 Å². The summed E-state index contributed by atoms with van der Waals surface area (Å²) >= 11 is 0. The number of carbonyl (C=O) groups excluding carboxylic acids is 1. The van der Waals surface area contributed by atoms with Crippen LogP contribution in [-0.4, -0.2) is 48.4 Å². The highest BCUT2D eigenvalue weighted by atomic mass is 16.2. The molecule has 0 aromatic heterocycles. The van der Waals surface area contributed by atoms with Crippen molar-refractivity contribution >= 4 is 5.91 Å². The summed E-state index contributed by atoms with van der Waals surface area (Å²) in [5.41, 5.74) is 1.44. The molecule has 1 aromatic rings. The number of amides is 1. The average molecular weight is 300 g/mol. The van der Waals surface area contributed by atoms with Gasteiger partial charge in [0.15, 0.2) is 0 Å². The molecule has 1 aromatic carbocycles. The highest BCUT2D eigenvalue weighted by Gasteiger charge is 2.41. The van der Waals surface area contributed by atoms with E-state index in [1.54, 1.807) is 0 Å². The molecule has 2 aliphatic rings. The first-order chi connectivity index (χ1) is 10.6. The fraction of sp³-hybridized carbons (Fsp3) is 0.632. The Bertz CT molecular complexity index is 499. The fourth-order valence-corrected chi connectivity index (χ4v) is 3.75. The lowest BCUT2D eigenvalue weighted by molar-refractivity contribution is -0.133. The molecule has 3 nitrogen and oxygen atoms in total. The zero-order valence-electron chi connectivity index (χ0n) is 13.9. The fourth-order valence-electron chi connectivity index (χ4n) is 3.75. The number of carbonyl (C=O) groups is 1. The van der Waals surface area contributed by atoms with E-state index in [-0.39, 0.29) is 5.91 Å². The standard InChI is InChI=1S/C19H28N2O/c1-20(2)19(15-17-8-9-17)10-12-21(13-11-19)18(22)14-16-6-4-3-5-7-16/h3-7,17H,8-15H2,1-2H3. The summed E-state index contributed by atoms with van der Waals surface area (Å²) < 4.78 is 0. The third-order valence-electron chi connectivity index (χ3n) is 5.56. The van der Waals surface area contributed by atoms with Gasteiger partial charge in [-0.05, 0) is 44.8 Å². The van der Waals surface area contributed by atoms with Gasteiger partial charge in [-0.25, -0.2) is 0 Å². The number of hydrogen-bond donors (Lipinski definition) is 0. The molecule has 1 saturated carbocycles. The predicted octanol–water partition coefficient (Wildman–Crippen LogP) is 2.95. The Kier molecular flexibility index (Phi) is 4.53. The molecule has 120 valence electrons. The second-order valence-corrected chi connectivity index (χ2v) is 7.31. The van der Waals surface area contributed by atoms with Crippen molar-refractivity contribution in [1.29, 1.82) is 0 Å². The van der Waals surface area contributed by atoms with Crippen molar-refractivity contribution in [2.24, 2.45) is 5.92 Å². The highest BCUT2D eigenvalue weighted by molar-refractivity contribution is 5.78. The zero-order valence-corrected chi connectivity index (χ0v) is 13.9. The first-order valence-electron chi connectivity index (χ1n) is 8.58. The van der Waals surface area contributed by atoms with Crippen molar-refractivity contribution in [3.8, 4) is 0 Å². The van der Waals surface area contributed by atoms with Crippen LogP contribution in [0.3, 0.4) is 0 Å². The van der Waals surface area contributed by atoms with Crippen molar-refractivity contribution in [3.05, 3.63) is 35.9 Å². The molecule has 0 spiro atoms. The summed E-state index contributed by atoms with van der Waals surface area (Å²) in [7, 11) is 4.42. The normalized spacial score (nSPS) is 21.1. The Labute approximate surface area is 134 Å². The molecule has 0 bridgehead atoms. The van der Waals surface area contributed by atoms with E-state index in [2.05, 4.69) is 23.9 Å². The summed E-state index contributed by atoms with van der Waals surface area (Å²) in [6.45, 7) is 1.83. The minimum Gasteiger partial charge on any atom is -0.342 e. The lowest BCUT2D eigenvalue weighted by atomic mass is 9.81. The second-order valence-electron chi connectivity index (χ2n) is 7.31. The predicted molar refractivity (Wildman–Crippen MR) is 89.7 cm³/mol. The molecule has 3 rings (SSSR count). The Balaban J connectivity index is 1.57. The Morgan fingerprint density at radius 2 is 1.82 bits per heavy atom. The van der Waals surface area contributed by atoms with Gasteiger partial charge in [-0.2, -0.15) is 0 Å².